The van der Waals surface area contributed by atoms with Gasteiger partial charge in [-0.05, 0) is 32.4 Å². The van der Waals surface area contributed by atoms with Gasteiger partial charge in [0.2, 0.25) is 0 Å². The quantitative estimate of drug-likeness (QED) is 0.827. The topological polar surface area (TPSA) is 78.2 Å². The van der Waals surface area contributed by atoms with Gasteiger partial charge >= 0.3 is 0 Å². The lowest BCUT2D eigenvalue weighted by Crippen LogP contribution is -2.46. The highest BCUT2D eigenvalue weighted by Gasteiger charge is 2.31. The molecular formula is C13H20ClN5O. The molecular weight excluding hydrogens is 278 g/mol. The molecule has 2 aliphatic rings. The third kappa shape index (κ3) is 2.68. The second kappa shape index (κ2) is 5.71. The molecule has 0 bridgehead atoms. The minimum Gasteiger partial charge on any atom is -0.354 e. The first kappa shape index (κ1) is 13.9. The Bertz CT molecular complexity index is 526. The van der Waals surface area contributed by atoms with Crippen molar-refractivity contribution in [2.75, 3.05) is 31.1 Å². The molecule has 2 saturated heterocycles. The van der Waals surface area contributed by atoms with Gasteiger partial charge < -0.3 is 15.6 Å². The van der Waals surface area contributed by atoms with Gasteiger partial charge in [0.1, 0.15) is 5.02 Å². The summed E-state index contributed by atoms with van der Waals surface area (Å²) >= 11 is 6.05. The minimum atomic E-state index is -0.274. The fourth-order valence-corrected chi connectivity index (χ4v) is 3.33. The number of nitrogens with one attached hydrogen (secondary N) is 1. The number of anilines is 1. The Kier molecular flexibility index (Phi) is 3.96. The van der Waals surface area contributed by atoms with Gasteiger partial charge in [-0.15, -0.1) is 0 Å². The Morgan fingerprint density at radius 1 is 1.30 bits per heavy atom. The van der Waals surface area contributed by atoms with Crippen LogP contribution in [0.1, 0.15) is 19.3 Å². The highest BCUT2D eigenvalue weighted by atomic mass is 35.5. The van der Waals surface area contributed by atoms with Crippen molar-refractivity contribution < 1.29 is 0 Å². The van der Waals surface area contributed by atoms with Gasteiger partial charge in [-0.25, -0.2) is 4.98 Å². The molecule has 2 fully saturated rings. The molecule has 0 aromatic carbocycles. The Balaban J connectivity index is 1.67. The molecule has 0 amide bonds. The predicted molar refractivity (Wildman–Crippen MR) is 79.3 cm³/mol. The number of hydrogen-bond donors (Lipinski definition) is 2. The van der Waals surface area contributed by atoms with Crippen molar-refractivity contribution in [3.05, 3.63) is 21.7 Å². The third-order valence-electron chi connectivity index (χ3n) is 4.33. The van der Waals surface area contributed by atoms with E-state index in [1.165, 1.54) is 6.33 Å². The van der Waals surface area contributed by atoms with Crippen molar-refractivity contribution in [2.45, 2.75) is 31.3 Å². The lowest BCUT2D eigenvalue weighted by atomic mass is 10.0. The van der Waals surface area contributed by atoms with E-state index in [1.54, 1.807) is 0 Å². The van der Waals surface area contributed by atoms with Crippen LogP contribution in [-0.2, 0) is 0 Å². The summed E-state index contributed by atoms with van der Waals surface area (Å²) in [5.74, 6) is 0.603. The molecule has 2 aliphatic heterocycles. The van der Waals surface area contributed by atoms with E-state index >= 15 is 0 Å². The highest BCUT2D eigenvalue weighted by Crippen LogP contribution is 2.26. The number of hydrogen-bond acceptors (Lipinski definition) is 5. The average Bonchev–Trinajstić information content (AvgIpc) is 2.92. The first-order valence-corrected chi connectivity index (χ1v) is 7.50. The molecule has 6 nitrogen and oxygen atoms in total. The lowest BCUT2D eigenvalue weighted by Gasteiger charge is -2.34. The van der Waals surface area contributed by atoms with E-state index in [-0.39, 0.29) is 10.6 Å². The van der Waals surface area contributed by atoms with E-state index in [9.17, 15) is 4.79 Å². The average molecular weight is 298 g/mol. The van der Waals surface area contributed by atoms with Crippen LogP contribution in [0.25, 0.3) is 0 Å². The maximum absolute atomic E-state index is 11.5. The first-order chi connectivity index (χ1) is 9.65. The van der Waals surface area contributed by atoms with Crippen LogP contribution in [0.4, 0.5) is 5.82 Å². The number of aromatic amines is 1. The van der Waals surface area contributed by atoms with E-state index in [2.05, 4.69) is 19.8 Å². The van der Waals surface area contributed by atoms with Crippen molar-refractivity contribution in [3.8, 4) is 0 Å². The van der Waals surface area contributed by atoms with Gasteiger partial charge in [0.15, 0.2) is 5.82 Å². The molecule has 7 heteroatoms. The monoisotopic (exact) mass is 297 g/mol. The smallest absolute Gasteiger partial charge is 0.271 e. The number of piperidine rings is 1. The van der Waals surface area contributed by atoms with Crippen LogP contribution in [-0.4, -0.2) is 53.1 Å². The molecule has 20 heavy (non-hydrogen) atoms. The molecule has 0 spiro atoms. The van der Waals surface area contributed by atoms with Gasteiger partial charge in [-0.1, -0.05) is 11.6 Å². The normalized spacial score (nSPS) is 25.3. The second-order valence-corrected chi connectivity index (χ2v) is 6.01. The fraction of sp³-hybridized carbons (Fsp3) is 0.692. The molecule has 110 valence electrons. The van der Waals surface area contributed by atoms with Crippen LogP contribution in [0.15, 0.2) is 11.1 Å². The van der Waals surface area contributed by atoms with Crippen molar-refractivity contribution in [2.24, 2.45) is 5.73 Å². The van der Waals surface area contributed by atoms with Gasteiger partial charge in [-0.2, -0.15) is 0 Å². The van der Waals surface area contributed by atoms with Crippen LogP contribution in [0.3, 0.4) is 0 Å². The van der Waals surface area contributed by atoms with E-state index in [0.717, 1.165) is 45.4 Å². The van der Waals surface area contributed by atoms with E-state index in [1.807, 2.05) is 0 Å². The summed E-state index contributed by atoms with van der Waals surface area (Å²) in [4.78, 5) is 22.9. The van der Waals surface area contributed by atoms with Crippen molar-refractivity contribution >= 4 is 17.4 Å². The highest BCUT2D eigenvalue weighted by molar-refractivity contribution is 6.32. The predicted octanol–water partition coefficient (Wildman–Crippen LogP) is 0.425. The van der Waals surface area contributed by atoms with Crippen LogP contribution in [0.5, 0.6) is 0 Å². The number of halogens is 1. The van der Waals surface area contributed by atoms with Crippen molar-refractivity contribution in [1.29, 1.82) is 0 Å². The zero-order valence-corrected chi connectivity index (χ0v) is 12.1. The zero-order valence-electron chi connectivity index (χ0n) is 11.4. The van der Waals surface area contributed by atoms with Crippen LogP contribution < -0.4 is 16.2 Å². The number of aromatic nitrogens is 2. The van der Waals surface area contributed by atoms with Gasteiger partial charge in [0.25, 0.3) is 5.56 Å². The summed E-state index contributed by atoms with van der Waals surface area (Å²) in [5, 5.41) is 0.189. The zero-order chi connectivity index (χ0) is 14.1. The standard InChI is InChI=1S/C13H20ClN5O/c14-11-12(16-8-17-13(11)20)19-6-3-10(7-19)18-4-1-9(15)2-5-18/h8-10H,1-7,15H2,(H,16,17,20). The summed E-state index contributed by atoms with van der Waals surface area (Å²) in [5.41, 5.74) is 5.67. The second-order valence-electron chi connectivity index (χ2n) is 5.63. The molecule has 0 aliphatic carbocycles. The van der Waals surface area contributed by atoms with Crippen molar-refractivity contribution in [1.82, 2.24) is 14.9 Å². The van der Waals surface area contributed by atoms with Gasteiger partial charge in [0, 0.05) is 25.2 Å². The summed E-state index contributed by atoms with van der Waals surface area (Å²) < 4.78 is 0. The Labute approximate surface area is 122 Å². The van der Waals surface area contributed by atoms with Crippen LogP contribution >= 0.6 is 11.6 Å². The van der Waals surface area contributed by atoms with Gasteiger partial charge in [-0.3, -0.25) is 9.69 Å². The summed E-state index contributed by atoms with van der Waals surface area (Å²) in [6.45, 7) is 3.90. The summed E-state index contributed by atoms with van der Waals surface area (Å²) in [6, 6.07) is 0.868. The minimum absolute atomic E-state index is 0.189. The SMILES string of the molecule is NC1CCN(C2CCN(c3nc[nH]c(=O)c3Cl)C2)CC1. The molecule has 3 N–H and O–H groups in total. The van der Waals surface area contributed by atoms with Gasteiger partial charge in [0.05, 0.1) is 6.33 Å². The molecule has 0 saturated carbocycles. The maximum Gasteiger partial charge on any atom is 0.271 e. The molecule has 1 aromatic rings. The Morgan fingerprint density at radius 3 is 2.80 bits per heavy atom. The lowest BCUT2D eigenvalue weighted by molar-refractivity contribution is 0.163. The van der Waals surface area contributed by atoms with Crippen molar-refractivity contribution in [3.63, 3.8) is 0 Å². The number of H-pyrrole nitrogens is 1. The molecule has 0 radical (unpaired) electrons. The Hall–Kier alpha value is -1.11. The van der Waals surface area contributed by atoms with E-state index in [4.69, 9.17) is 17.3 Å². The third-order valence-corrected chi connectivity index (χ3v) is 4.67. The number of nitrogens with zero attached hydrogens (tertiary/aromatic N) is 3. The molecule has 1 unspecified atom stereocenters. The number of nitrogens with two attached hydrogens (primary N) is 1. The van der Waals surface area contributed by atoms with E-state index in [0.29, 0.717) is 17.9 Å². The summed E-state index contributed by atoms with van der Waals surface area (Å²) in [7, 11) is 0. The molecule has 3 heterocycles. The Morgan fingerprint density at radius 2 is 2.05 bits per heavy atom. The molecule has 3 rings (SSSR count). The number of likely N-dealkylation sites (tertiary alicyclic amines) is 1. The van der Waals surface area contributed by atoms with Crippen LogP contribution in [0, 0.1) is 0 Å². The number of rotatable bonds is 2. The fourth-order valence-electron chi connectivity index (χ4n) is 3.11. The van der Waals surface area contributed by atoms with Crippen LogP contribution in [0.2, 0.25) is 5.02 Å². The summed E-state index contributed by atoms with van der Waals surface area (Å²) in [6.07, 6.45) is 4.64. The maximum atomic E-state index is 11.5. The van der Waals surface area contributed by atoms with E-state index < -0.39 is 0 Å². The largest absolute Gasteiger partial charge is 0.354 e. The first-order valence-electron chi connectivity index (χ1n) is 7.13. The molecule has 1 aromatic heterocycles. The molecule has 1 atom stereocenters.